The Hall–Kier alpha value is -3.53. The zero-order chi connectivity index (χ0) is 24.6. The molecule has 2 aromatic heterocycles. The molecule has 1 atom stereocenters. The fourth-order valence-electron chi connectivity index (χ4n) is 3.12. The van der Waals surface area contributed by atoms with Gasteiger partial charge >= 0.3 is 12.3 Å². The number of carbonyl (C=O) groups excluding carboxylic acids is 1. The van der Waals surface area contributed by atoms with Gasteiger partial charge in [-0.15, -0.1) is 5.10 Å². The van der Waals surface area contributed by atoms with Gasteiger partial charge in [0.15, 0.2) is 12.3 Å². The van der Waals surface area contributed by atoms with Crippen LogP contribution in [0.1, 0.15) is 49.4 Å². The van der Waals surface area contributed by atoms with E-state index in [1.54, 1.807) is 39.8 Å². The minimum Gasteiger partial charge on any atom is -0.507 e. The fourth-order valence-corrected chi connectivity index (χ4v) is 3.12. The van der Waals surface area contributed by atoms with Crippen LogP contribution in [0.5, 0.6) is 5.75 Å². The summed E-state index contributed by atoms with van der Waals surface area (Å²) in [5.41, 5.74) is -0.769. The molecule has 0 aliphatic heterocycles. The molecule has 7 nitrogen and oxygen atoms in total. The van der Waals surface area contributed by atoms with Crippen molar-refractivity contribution >= 4 is 6.09 Å². The average Bonchev–Trinajstić information content (AvgIpc) is 2.71. The van der Waals surface area contributed by atoms with E-state index in [9.17, 15) is 28.2 Å². The van der Waals surface area contributed by atoms with Crippen LogP contribution in [0.25, 0.3) is 11.3 Å². The molecule has 1 aromatic carbocycles. The largest absolute Gasteiger partial charge is 0.602 e. The monoisotopic (exact) mass is 462 g/mol. The van der Waals surface area contributed by atoms with Gasteiger partial charge in [0.1, 0.15) is 17.0 Å². The normalized spacial score (nSPS) is 13.0. The van der Waals surface area contributed by atoms with E-state index in [1.165, 1.54) is 18.3 Å². The van der Waals surface area contributed by atoms with Crippen LogP contribution in [0.2, 0.25) is 0 Å². The molecule has 0 fully saturated rings. The van der Waals surface area contributed by atoms with E-state index in [2.05, 4.69) is 10.2 Å². The van der Waals surface area contributed by atoms with E-state index in [1.807, 2.05) is 0 Å². The molecular formula is C23H23F3N3O4+. The van der Waals surface area contributed by atoms with Crippen molar-refractivity contribution in [1.82, 2.24) is 10.2 Å². The van der Waals surface area contributed by atoms with E-state index in [0.717, 1.165) is 16.7 Å². The van der Waals surface area contributed by atoms with Crippen LogP contribution >= 0.6 is 0 Å². The molecule has 0 amide bonds. The smallest absolute Gasteiger partial charge is 0.507 e. The summed E-state index contributed by atoms with van der Waals surface area (Å²) in [5, 5.41) is 29.0. The van der Waals surface area contributed by atoms with Crippen LogP contribution in [0.15, 0.2) is 48.7 Å². The summed E-state index contributed by atoms with van der Waals surface area (Å²) in [7, 11) is 0. The fraction of sp³-hybridized carbons (Fsp3) is 0.304. The number of alkyl halides is 3. The minimum atomic E-state index is -4.59. The first-order valence-corrected chi connectivity index (χ1v) is 9.95. The summed E-state index contributed by atoms with van der Waals surface area (Å²) in [6.45, 7) is 6.77. The number of aliphatic hydroxyl groups excluding tert-OH is 1. The van der Waals surface area contributed by atoms with Crippen LogP contribution in [0, 0.1) is 6.92 Å². The van der Waals surface area contributed by atoms with Crippen molar-refractivity contribution < 1.29 is 37.5 Å². The molecule has 0 spiro atoms. The zero-order valence-corrected chi connectivity index (χ0v) is 18.4. The Balaban J connectivity index is 1.95. The van der Waals surface area contributed by atoms with Gasteiger partial charge in [0.2, 0.25) is 5.69 Å². The van der Waals surface area contributed by atoms with Crippen molar-refractivity contribution in [3.8, 4) is 17.0 Å². The van der Waals surface area contributed by atoms with E-state index < -0.39 is 35.3 Å². The molecule has 0 bridgehead atoms. The zero-order valence-electron chi connectivity index (χ0n) is 18.4. The number of nitrogens with zero attached hydrogens (tertiary/aromatic N) is 3. The number of pyridine rings is 1. The van der Waals surface area contributed by atoms with Gasteiger partial charge in [-0.25, -0.2) is 0 Å². The Morgan fingerprint density at radius 2 is 1.79 bits per heavy atom. The van der Waals surface area contributed by atoms with Crippen molar-refractivity contribution in [3.05, 3.63) is 71.2 Å². The molecule has 10 heteroatoms. The van der Waals surface area contributed by atoms with Gasteiger partial charge in [0.25, 0.3) is 0 Å². The number of phenols is 1. The quantitative estimate of drug-likeness (QED) is 0.563. The van der Waals surface area contributed by atoms with Gasteiger partial charge in [-0.05, 0) is 63.6 Å². The lowest BCUT2D eigenvalue weighted by Gasteiger charge is -2.17. The lowest BCUT2D eigenvalue weighted by Crippen LogP contribution is -2.50. The molecule has 3 rings (SSSR count). The van der Waals surface area contributed by atoms with Gasteiger partial charge < -0.3 is 14.9 Å². The standard InChI is InChI=1S/C23H22F3N3O4/c1-13-11-16(20(31)17-7-5-6-10-29(17)21(32)33-22(2,3)4)27-28-19(13)15-9-8-14(12-18(15)30)23(24,25)26/h5-12,20,31H,1-4H3/p+1. The predicted octanol–water partition coefficient (Wildman–Crippen LogP) is 4.33. The number of carbonyl (C=O) groups is 1. The van der Waals surface area contributed by atoms with Crippen molar-refractivity contribution in [2.45, 2.75) is 45.6 Å². The third-order valence-electron chi connectivity index (χ3n) is 4.63. The molecule has 2 heterocycles. The number of ether oxygens (including phenoxy) is 1. The molecular weight excluding hydrogens is 439 g/mol. The summed E-state index contributed by atoms with van der Waals surface area (Å²) in [4.78, 5) is 12.5. The number of aromatic nitrogens is 3. The summed E-state index contributed by atoms with van der Waals surface area (Å²) < 4.78 is 45.1. The topological polar surface area (TPSA) is 96.4 Å². The maximum absolute atomic E-state index is 12.9. The molecule has 0 saturated heterocycles. The number of benzene rings is 1. The first-order valence-electron chi connectivity index (χ1n) is 9.95. The highest BCUT2D eigenvalue weighted by atomic mass is 19.4. The predicted molar refractivity (Wildman–Crippen MR) is 111 cm³/mol. The van der Waals surface area contributed by atoms with Crippen LogP contribution in [0.3, 0.4) is 0 Å². The van der Waals surface area contributed by atoms with Crippen molar-refractivity contribution in [2.75, 3.05) is 0 Å². The average molecular weight is 462 g/mol. The molecule has 3 aromatic rings. The molecule has 0 radical (unpaired) electrons. The minimum absolute atomic E-state index is 0.0672. The Bertz CT molecular complexity index is 1190. The number of hydrogen-bond acceptors (Lipinski definition) is 6. The van der Waals surface area contributed by atoms with Gasteiger partial charge in [-0.2, -0.15) is 23.1 Å². The van der Waals surface area contributed by atoms with Crippen LogP contribution in [-0.2, 0) is 10.9 Å². The Morgan fingerprint density at radius 1 is 1.09 bits per heavy atom. The second-order valence-corrected chi connectivity index (χ2v) is 8.41. The van der Waals surface area contributed by atoms with Gasteiger partial charge in [0.05, 0.1) is 11.3 Å². The number of phenolic OH excluding ortho intramolecular Hbond substituents is 1. The first-order chi connectivity index (χ1) is 15.3. The lowest BCUT2D eigenvalue weighted by molar-refractivity contribution is -0.600. The highest BCUT2D eigenvalue weighted by molar-refractivity contribution is 5.69. The highest BCUT2D eigenvalue weighted by Gasteiger charge is 2.33. The number of hydrogen-bond donors (Lipinski definition) is 2. The first kappa shape index (κ1) is 24.1. The van der Waals surface area contributed by atoms with Gasteiger partial charge in [-0.1, -0.05) is 4.57 Å². The van der Waals surface area contributed by atoms with Gasteiger partial charge in [0, 0.05) is 17.7 Å². The Kier molecular flexibility index (Phi) is 6.42. The van der Waals surface area contributed by atoms with Crippen molar-refractivity contribution in [1.29, 1.82) is 0 Å². The second kappa shape index (κ2) is 8.78. The molecule has 174 valence electrons. The molecule has 2 N–H and O–H groups in total. The van der Waals surface area contributed by atoms with Crippen molar-refractivity contribution in [2.24, 2.45) is 0 Å². The second-order valence-electron chi connectivity index (χ2n) is 8.41. The van der Waals surface area contributed by atoms with E-state index in [-0.39, 0.29) is 22.6 Å². The van der Waals surface area contributed by atoms with E-state index in [4.69, 9.17) is 4.74 Å². The maximum atomic E-state index is 12.9. The molecule has 0 aliphatic rings. The van der Waals surface area contributed by atoms with Crippen LogP contribution in [-0.4, -0.2) is 32.1 Å². The highest BCUT2D eigenvalue weighted by Crippen LogP contribution is 2.37. The lowest BCUT2D eigenvalue weighted by atomic mass is 10.0. The van der Waals surface area contributed by atoms with Gasteiger partial charge in [-0.3, -0.25) is 0 Å². The molecule has 33 heavy (non-hydrogen) atoms. The van der Waals surface area contributed by atoms with E-state index >= 15 is 0 Å². The summed E-state index contributed by atoms with van der Waals surface area (Å²) in [6, 6.07) is 8.82. The number of aliphatic hydroxyl groups is 1. The number of rotatable bonds is 3. The number of aryl methyl sites for hydroxylation is 1. The van der Waals surface area contributed by atoms with Crippen molar-refractivity contribution in [3.63, 3.8) is 0 Å². The Morgan fingerprint density at radius 3 is 2.36 bits per heavy atom. The third-order valence-corrected chi connectivity index (χ3v) is 4.63. The van der Waals surface area contributed by atoms with Crippen LogP contribution in [0.4, 0.5) is 18.0 Å². The molecule has 0 saturated carbocycles. The number of halogens is 3. The summed E-state index contributed by atoms with van der Waals surface area (Å²) in [6.07, 6.45) is -5.18. The third kappa shape index (κ3) is 5.46. The van der Waals surface area contributed by atoms with Crippen LogP contribution < -0.4 is 4.57 Å². The van der Waals surface area contributed by atoms with E-state index in [0.29, 0.717) is 11.6 Å². The SMILES string of the molecule is Cc1cc(C(O)c2cccc[n+]2C(=O)OC(C)(C)C)nnc1-c1ccc(C(F)(F)F)cc1O. The summed E-state index contributed by atoms with van der Waals surface area (Å²) >= 11 is 0. The maximum Gasteiger partial charge on any atom is 0.602 e. The molecule has 0 aliphatic carbocycles. The molecule has 1 unspecified atom stereocenters. The summed E-state index contributed by atoms with van der Waals surface area (Å²) in [5.74, 6) is -0.596. The Labute approximate surface area is 188 Å². The number of aromatic hydroxyl groups is 1.